The second-order valence-electron chi connectivity index (χ2n) is 4.82. The lowest BCUT2D eigenvalue weighted by Gasteiger charge is -2.22. The molecule has 4 nitrogen and oxygen atoms in total. The van der Waals surface area contributed by atoms with Crippen LogP contribution in [0, 0.1) is 0 Å². The highest BCUT2D eigenvalue weighted by Gasteiger charge is 2.09. The second kappa shape index (κ2) is 6.89. The monoisotopic (exact) mass is 270 g/mol. The molecule has 1 aromatic carbocycles. The first-order valence-electron chi connectivity index (χ1n) is 7.15. The molecule has 0 fully saturated rings. The van der Waals surface area contributed by atoms with Crippen molar-refractivity contribution in [2.45, 2.75) is 33.2 Å². The number of hydrogen-bond donors (Lipinski definition) is 1. The van der Waals surface area contributed by atoms with Crippen LogP contribution in [0.25, 0.3) is 0 Å². The average Bonchev–Trinajstić information content (AvgIpc) is 2.45. The normalized spacial score (nSPS) is 10.5. The molecule has 1 heterocycles. The van der Waals surface area contributed by atoms with E-state index in [1.165, 1.54) is 5.56 Å². The van der Waals surface area contributed by atoms with Gasteiger partial charge in [0.2, 0.25) is 0 Å². The first kappa shape index (κ1) is 14.3. The van der Waals surface area contributed by atoms with E-state index in [0.717, 1.165) is 37.6 Å². The van der Waals surface area contributed by atoms with Crippen molar-refractivity contribution in [3.63, 3.8) is 0 Å². The molecular formula is C16H22N4. The summed E-state index contributed by atoms with van der Waals surface area (Å²) in [7, 11) is 0. The van der Waals surface area contributed by atoms with Crippen LogP contribution in [0.1, 0.15) is 31.7 Å². The highest BCUT2D eigenvalue weighted by molar-refractivity contribution is 5.47. The molecule has 2 rings (SSSR count). The average molecular weight is 270 g/mol. The first-order valence-corrected chi connectivity index (χ1v) is 7.15. The fraction of sp³-hybridized carbons (Fsp3) is 0.375. The zero-order chi connectivity index (χ0) is 14.4. The summed E-state index contributed by atoms with van der Waals surface area (Å²) < 4.78 is 0. The van der Waals surface area contributed by atoms with Crippen LogP contribution >= 0.6 is 0 Å². The molecule has 0 atom stereocenters. The number of nitrogens with two attached hydrogens (primary N) is 1. The van der Waals surface area contributed by atoms with Crippen molar-refractivity contribution >= 4 is 11.6 Å². The van der Waals surface area contributed by atoms with E-state index in [-0.39, 0.29) is 0 Å². The second-order valence-corrected chi connectivity index (χ2v) is 4.82. The van der Waals surface area contributed by atoms with Crippen molar-refractivity contribution in [2.24, 2.45) is 0 Å². The maximum Gasteiger partial charge on any atom is 0.134 e. The highest BCUT2D eigenvalue weighted by Crippen LogP contribution is 2.17. The Hall–Kier alpha value is -2.10. The van der Waals surface area contributed by atoms with Crippen molar-refractivity contribution in [3.8, 4) is 0 Å². The van der Waals surface area contributed by atoms with Crippen LogP contribution in [0.4, 0.5) is 11.6 Å². The first-order chi connectivity index (χ1) is 9.72. The molecule has 2 N–H and O–H groups in total. The van der Waals surface area contributed by atoms with Gasteiger partial charge in [0.05, 0.1) is 0 Å². The summed E-state index contributed by atoms with van der Waals surface area (Å²) in [6, 6.07) is 12.2. The maximum absolute atomic E-state index is 5.90. The number of benzene rings is 1. The van der Waals surface area contributed by atoms with Gasteiger partial charge in [0, 0.05) is 25.6 Å². The Kier molecular flexibility index (Phi) is 4.93. The Morgan fingerprint density at radius 2 is 1.85 bits per heavy atom. The molecule has 20 heavy (non-hydrogen) atoms. The third-order valence-electron chi connectivity index (χ3n) is 3.17. The van der Waals surface area contributed by atoms with Gasteiger partial charge in [-0.1, -0.05) is 37.3 Å². The molecular weight excluding hydrogens is 248 g/mol. The zero-order valence-electron chi connectivity index (χ0n) is 12.2. The molecule has 0 aliphatic rings. The molecule has 0 aliphatic carbocycles. The number of nitrogen functional groups attached to an aromatic ring is 1. The fourth-order valence-electron chi connectivity index (χ4n) is 2.16. The number of aromatic nitrogens is 2. The van der Waals surface area contributed by atoms with Crippen LogP contribution in [0.3, 0.4) is 0 Å². The highest BCUT2D eigenvalue weighted by atomic mass is 15.2. The molecule has 106 valence electrons. The van der Waals surface area contributed by atoms with Crippen molar-refractivity contribution in [3.05, 3.63) is 47.8 Å². The van der Waals surface area contributed by atoms with Gasteiger partial charge in [-0.15, -0.1) is 0 Å². The van der Waals surface area contributed by atoms with Gasteiger partial charge >= 0.3 is 0 Å². The van der Waals surface area contributed by atoms with Crippen molar-refractivity contribution in [1.29, 1.82) is 0 Å². The molecule has 2 aromatic rings. The van der Waals surface area contributed by atoms with Gasteiger partial charge in [-0.05, 0) is 18.9 Å². The van der Waals surface area contributed by atoms with Gasteiger partial charge in [-0.3, -0.25) is 0 Å². The minimum atomic E-state index is 0.546. The van der Waals surface area contributed by atoms with Crippen molar-refractivity contribution < 1.29 is 0 Å². The summed E-state index contributed by atoms with van der Waals surface area (Å²) in [4.78, 5) is 11.1. The van der Waals surface area contributed by atoms with Gasteiger partial charge in [-0.25, -0.2) is 9.97 Å². The Bertz CT molecular complexity index is 539. The van der Waals surface area contributed by atoms with E-state index < -0.39 is 0 Å². The van der Waals surface area contributed by atoms with E-state index in [2.05, 4.69) is 53.0 Å². The van der Waals surface area contributed by atoms with E-state index in [9.17, 15) is 0 Å². The Morgan fingerprint density at radius 3 is 2.50 bits per heavy atom. The Labute approximate surface area is 120 Å². The van der Waals surface area contributed by atoms with E-state index in [1.54, 1.807) is 0 Å². The molecule has 0 saturated heterocycles. The van der Waals surface area contributed by atoms with Crippen LogP contribution in [0.15, 0.2) is 36.4 Å². The third-order valence-corrected chi connectivity index (χ3v) is 3.17. The summed E-state index contributed by atoms with van der Waals surface area (Å²) in [5.41, 5.74) is 7.17. The van der Waals surface area contributed by atoms with Crippen LogP contribution in [-0.4, -0.2) is 16.5 Å². The van der Waals surface area contributed by atoms with E-state index >= 15 is 0 Å². The van der Waals surface area contributed by atoms with E-state index in [0.29, 0.717) is 5.82 Å². The van der Waals surface area contributed by atoms with Crippen LogP contribution in [0.2, 0.25) is 0 Å². The largest absolute Gasteiger partial charge is 0.384 e. The molecule has 4 heteroatoms. The Morgan fingerprint density at radius 1 is 1.10 bits per heavy atom. The number of nitrogens with zero attached hydrogens (tertiary/aromatic N) is 3. The summed E-state index contributed by atoms with van der Waals surface area (Å²) in [5, 5.41) is 0. The predicted molar refractivity (Wildman–Crippen MR) is 83.6 cm³/mol. The smallest absolute Gasteiger partial charge is 0.134 e. The summed E-state index contributed by atoms with van der Waals surface area (Å²) in [6.07, 6.45) is 1.88. The van der Waals surface area contributed by atoms with Gasteiger partial charge in [0.1, 0.15) is 17.5 Å². The fourth-order valence-corrected chi connectivity index (χ4v) is 2.16. The molecule has 1 aromatic heterocycles. The van der Waals surface area contributed by atoms with Crippen LogP contribution in [0.5, 0.6) is 0 Å². The minimum absolute atomic E-state index is 0.546. The number of aryl methyl sites for hydroxylation is 1. The van der Waals surface area contributed by atoms with E-state index in [1.807, 2.05) is 12.1 Å². The molecule has 0 amide bonds. The number of anilines is 2. The van der Waals surface area contributed by atoms with Gasteiger partial charge in [0.15, 0.2) is 0 Å². The quantitative estimate of drug-likeness (QED) is 0.876. The zero-order valence-corrected chi connectivity index (χ0v) is 12.2. The van der Waals surface area contributed by atoms with Gasteiger partial charge in [-0.2, -0.15) is 0 Å². The van der Waals surface area contributed by atoms with Crippen molar-refractivity contribution in [2.75, 3.05) is 17.2 Å². The van der Waals surface area contributed by atoms with E-state index in [4.69, 9.17) is 5.73 Å². The summed E-state index contributed by atoms with van der Waals surface area (Å²) in [6.45, 7) is 5.96. The molecule has 0 bridgehead atoms. The third kappa shape index (κ3) is 3.70. The number of hydrogen-bond acceptors (Lipinski definition) is 4. The molecule has 0 aliphatic heterocycles. The molecule has 0 spiro atoms. The lowest BCUT2D eigenvalue weighted by atomic mass is 10.2. The topological polar surface area (TPSA) is 55.0 Å². The SMILES string of the molecule is CCCc1nc(N)cc(N(CC)Cc2ccccc2)n1. The molecule has 0 saturated carbocycles. The standard InChI is InChI=1S/C16H22N4/c1-3-8-15-18-14(17)11-16(19-15)20(4-2)12-13-9-6-5-7-10-13/h5-7,9-11H,3-4,8,12H2,1-2H3,(H2,17,18,19). The maximum atomic E-state index is 5.90. The number of rotatable bonds is 6. The van der Waals surface area contributed by atoms with Gasteiger partial charge in [0.25, 0.3) is 0 Å². The minimum Gasteiger partial charge on any atom is -0.384 e. The summed E-state index contributed by atoms with van der Waals surface area (Å²) >= 11 is 0. The van der Waals surface area contributed by atoms with Crippen molar-refractivity contribution in [1.82, 2.24) is 9.97 Å². The summed E-state index contributed by atoms with van der Waals surface area (Å²) in [5.74, 6) is 2.28. The molecule has 0 unspecified atom stereocenters. The van der Waals surface area contributed by atoms with Crippen LogP contribution in [-0.2, 0) is 13.0 Å². The Balaban J connectivity index is 2.22. The lowest BCUT2D eigenvalue weighted by molar-refractivity contribution is 0.782. The van der Waals surface area contributed by atoms with Gasteiger partial charge < -0.3 is 10.6 Å². The molecule has 0 radical (unpaired) electrons. The predicted octanol–water partition coefficient (Wildman–Crippen LogP) is 3.04. The van der Waals surface area contributed by atoms with Crippen LogP contribution < -0.4 is 10.6 Å². The lowest BCUT2D eigenvalue weighted by Crippen LogP contribution is -2.24.